The summed E-state index contributed by atoms with van der Waals surface area (Å²) in [5, 5.41) is 4.47. The van der Waals surface area contributed by atoms with Crippen LogP contribution in [0.2, 0.25) is 0 Å². The third-order valence-corrected chi connectivity index (χ3v) is 5.73. The van der Waals surface area contributed by atoms with Crippen molar-refractivity contribution in [2.75, 3.05) is 0 Å². The summed E-state index contributed by atoms with van der Waals surface area (Å²) in [7, 11) is 0. The predicted octanol–water partition coefficient (Wildman–Crippen LogP) is 3.40. The molecule has 4 unspecified atom stereocenters. The average Bonchev–Trinajstić information content (AvgIpc) is 2.97. The quantitative estimate of drug-likeness (QED) is 0.645. The minimum absolute atomic E-state index is 0.266. The van der Waals surface area contributed by atoms with Gasteiger partial charge in [0, 0.05) is 12.7 Å². The molecule has 0 aromatic carbocycles. The van der Waals surface area contributed by atoms with Crippen LogP contribution in [0.1, 0.15) is 70.0 Å². The Morgan fingerprint density at radius 1 is 1.29 bits per heavy atom. The van der Waals surface area contributed by atoms with Crippen molar-refractivity contribution in [2.24, 2.45) is 23.6 Å². The number of hydrazine groups is 1. The molecular weight excluding hydrogens is 260 g/mol. The maximum Gasteiger partial charge on any atom is 0.0657 e. The molecule has 2 aliphatic rings. The highest BCUT2D eigenvalue weighted by Gasteiger charge is 2.36. The lowest BCUT2D eigenvalue weighted by molar-refractivity contribution is 0.107. The van der Waals surface area contributed by atoms with E-state index in [0.29, 0.717) is 5.92 Å². The Bertz CT molecular complexity index is 442. The first-order valence-corrected chi connectivity index (χ1v) is 8.81. The minimum atomic E-state index is 0.266. The monoisotopic (exact) mass is 290 g/mol. The lowest BCUT2D eigenvalue weighted by Crippen LogP contribution is -2.39. The van der Waals surface area contributed by atoms with Crippen molar-refractivity contribution in [3.8, 4) is 0 Å². The van der Waals surface area contributed by atoms with Crippen LogP contribution in [0.25, 0.3) is 0 Å². The summed E-state index contributed by atoms with van der Waals surface area (Å²) in [4.78, 5) is 0. The topological polar surface area (TPSA) is 55.9 Å². The second-order valence-corrected chi connectivity index (χ2v) is 7.00. The molecule has 4 atom stereocenters. The number of aromatic nitrogens is 2. The Kier molecular flexibility index (Phi) is 4.96. The van der Waals surface area contributed by atoms with Crippen LogP contribution in [0, 0.1) is 17.8 Å². The van der Waals surface area contributed by atoms with E-state index in [4.69, 9.17) is 5.84 Å². The van der Waals surface area contributed by atoms with Gasteiger partial charge in [0.25, 0.3) is 0 Å². The fourth-order valence-electron chi connectivity index (χ4n) is 4.68. The van der Waals surface area contributed by atoms with E-state index < -0.39 is 0 Å². The zero-order valence-corrected chi connectivity index (χ0v) is 13.3. The number of rotatable bonds is 5. The van der Waals surface area contributed by atoms with Crippen molar-refractivity contribution < 1.29 is 0 Å². The lowest BCUT2D eigenvalue weighted by Gasteiger charge is -2.41. The molecule has 3 N–H and O–H groups in total. The molecule has 1 heterocycles. The fraction of sp³-hybridized carbons (Fsp3) is 0.824. The van der Waals surface area contributed by atoms with Gasteiger partial charge in [-0.2, -0.15) is 5.10 Å². The Hall–Kier alpha value is -0.870. The van der Waals surface area contributed by atoms with Gasteiger partial charge in [0.1, 0.15) is 0 Å². The smallest absolute Gasteiger partial charge is 0.0657 e. The van der Waals surface area contributed by atoms with Crippen LogP contribution in [0.15, 0.2) is 12.3 Å². The fourth-order valence-corrected chi connectivity index (χ4v) is 4.68. The molecule has 1 aromatic heterocycles. The molecule has 0 saturated heterocycles. The van der Waals surface area contributed by atoms with Crippen LogP contribution in [0.4, 0.5) is 0 Å². The molecule has 4 heteroatoms. The second kappa shape index (κ2) is 6.93. The van der Waals surface area contributed by atoms with E-state index in [1.165, 1.54) is 50.6 Å². The van der Waals surface area contributed by atoms with Gasteiger partial charge in [0.05, 0.1) is 11.7 Å². The highest BCUT2D eigenvalue weighted by Crippen LogP contribution is 2.45. The molecule has 118 valence electrons. The van der Waals surface area contributed by atoms with Gasteiger partial charge in [-0.05, 0) is 49.5 Å². The first-order valence-electron chi connectivity index (χ1n) is 8.81. The molecule has 0 aliphatic heterocycles. The SMILES string of the molecule is CCCn1nccc1C(NN)C1CCC2CCCCC2C1. The molecule has 2 aliphatic carbocycles. The Balaban J connectivity index is 1.72. The van der Waals surface area contributed by atoms with Crippen LogP contribution < -0.4 is 11.3 Å². The van der Waals surface area contributed by atoms with Crippen molar-refractivity contribution in [3.63, 3.8) is 0 Å². The van der Waals surface area contributed by atoms with Gasteiger partial charge in [0.15, 0.2) is 0 Å². The van der Waals surface area contributed by atoms with Gasteiger partial charge < -0.3 is 0 Å². The van der Waals surface area contributed by atoms with E-state index in [2.05, 4.69) is 28.2 Å². The van der Waals surface area contributed by atoms with Crippen LogP contribution in [0.5, 0.6) is 0 Å². The van der Waals surface area contributed by atoms with E-state index in [1.54, 1.807) is 0 Å². The van der Waals surface area contributed by atoms with Gasteiger partial charge in [0.2, 0.25) is 0 Å². The molecular formula is C17H30N4. The van der Waals surface area contributed by atoms with E-state index in [0.717, 1.165) is 24.8 Å². The molecule has 0 bridgehead atoms. The summed E-state index contributed by atoms with van der Waals surface area (Å²) in [5.74, 6) is 8.54. The number of nitrogens with two attached hydrogens (primary N) is 1. The summed E-state index contributed by atoms with van der Waals surface area (Å²) in [5.41, 5.74) is 4.38. The zero-order chi connectivity index (χ0) is 14.7. The van der Waals surface area contributed by atoms with Crippen molar-refractivity contribution in [2.45, 2.75) is 70.9 Å². The molecule has 0 spiro atoms. The van der Waals surface area contributed by atoms with Gasteiger partial charge in [-0.25, -0.2) is 0 Å². The van der Waals surface area contributed by atoms with Gasteiger partial charge in [-0.15, -0.1) is 0 Å². The van der Waals surface area contributed by atoms with Crippen molar-refractivity contribution in [1.29, 1.82) is 0 Å². The summed E-state index contributed by atoms with van der Waals surface area (Å²) >= 11 is 0. The summed E-state index contributed by atoms with van der Waals surface area (Å²) < 4.78 is 2.14. The van der Waals surface area contributed by atoms with E-state index >= 15 is 0 Å². The van der Waals surface area contributed by atoms with Crippen molar-refractivity contribution >= 4 is 0 Å². The number of hydrogen-bond donors (Lipinski definition) is 2. The number of aryl methyl sites for hydroxylation is 1. The molecule has 1 aromatic rings. The molecule has 2 fully saturated rings. The number of nitrogens with zero attached hydrogens (tertiary/aromatic N) is 2. The molecule has 21 heavy (non-hydrogen) atoms. The molecule has 0 amide bonds. The van der Waals surface area contributed by atoms with Crippen molar-refractivity contribution in [3.05, 3.63) is 18.0 Å². The third-order valence-electron chi connectivity index (χ3n) is 5.73. The molecule has 2 saturated carbocycles. The summed E-state index contributed by atoms with van der Waals surface area (Å²) in [6, 6.07) is 2.41. The highest BCUT2D eigenvalue weighted by molar-refractivity contribution is 5.09. The number of hydrogen-bond acceptors (Lipinski definition) is 3. The summed E-state index contributed by atoms with van der Waals surface area (Å²) in [6.07, 6.45) is 12.9. The third kappa shape index (κ3) is 3.16. The number of fused-ring (bicyclic) bond motifs is 1. The maximum atomic E-state index is 5.94. The molecule has 4 nitrogen and oxygen atoms in total. The Labute approximate surface area is 128 Å². The van der Waals surface area contributed by atoms with Crippen LogP contribution in [-0.2, 0) is 6.54 Å². The van der Waals surface area contributed by atoms with Gasteiger partial charge in [-0.3, -0.25) is 16.0 Å². The molecule has 3 rings (SSSR count). The van der Waals surface area contributed by atoms with Gasteiger partial charge >= 0.3 is 0 Å². The van der Waals surface area contributed by atoms with Crippen LogP contribution in [0.3, 0.4) is 0 Å². The number of nitrogens with one attached hydrogen (secondary N) is 1. The first kappa shape index (κ1) is 15.0. The average molecular weight is 290 g/mol. The first-order chi connectivity index (χ1) is 10.3. The minimum Gasteiger partial charge on any atom is -0.271 e. The second-order valence-electron chi connectivity index (χ2n) is 7.00. The van der Waals surface area contributed by atoms with E-state index in [-0.39, 0.29) is 6.04 Å². The summed E-state index contributed by atoms with van der Waals surface area (Å²) in [6.45, 7) is 3.18. The standard InChI is InChI=1S/C17H30N4/c1-2-11-21-16(9-10-19-21)17(20-18)15-8-7-13-5-3-4-6-14(13)12-15/h9-10,13-15,17,20H,2-8,11-12,18H2,1H3. The van der Waals surface area contributed by atoms with Crippen LogP contribution in [-0.4, -0.2) is 9.78 Å². The largest absolute Gasteiger partial charge is 0.271 e. The predicted molar refractivity (Wildman–Crippen MR) is 85.4 cm³/mol. The Morgan fingerprint density at radius 3 is 2.86 bits per heavy atom. The van der Waals surface area contributed by atoms with E-state index in [9.17, 15) is 0 Å². The molecule has 0 radical (unpaired) electrons. The van der Waals surface area contributed by atoms with E-state index in [1.807, 2.05) is 6.20 Å². The maximum absolute atomic E-state index is 5.94. The normalized spacial score (nSPS) is 30.9. The van der Waals surface area contributed by atoms with Gasteiger partial charge in [-0.1, -0.05) is 32.6 Å². The zero-order valence-electron chi connectivity index (χ0n) is 13.3. The van der Waals surface area contributed by atoms with Crippen LogP contribution >= 0.6 is 0 Å². The Morgan fingerprint density at radius 2 is 2.10 bits per heavy atom. The highest BCUT2D eigenvalue weighted by atomic mass is 15.3. The van der Waals surface area contributed by atoms with Crippen molar-refractivity contribution in [1.82, 2.24) is 15.2 Å². The lowest BCUT2D eigenvalue weighted by atomic mass is 9.66.